The van der Waals surface area contributed by atoms with E-state index < -0.39 is 0 Å². The van der Waals surface area contributed by atoms with Crippen LogP contribution in [-0.2, 0) is 16.1 Å². The second-order valence-corrected chi connectivity index (χ2v) is 6.23. The summed E-state index contributed by atoms with van der Waals surface area (Å²) in [6.45, 7) is 6.87. The number of hydrogen-bond acceptors (Lipinski definition) is 4. The minimum Gasteiger partial charge on any atom is -0.379 e. The smallest absolute Gasteiger partial charge is 0.239 e. The molecule has 1 amide bonds. The van der Waals surface area contributed by atoms with Gasteiger partial charge in [0, 0.05) is 32.0 Å². The van der Waals surface area contributed by atoms with Crippen LogP contribution < -0.4 is 0 Å². The lowest BCUT2D eigenvalue weighted by Gasteiger charge is -2.40. The number of rotatable bonds is 4. The van der Waals surface area contributed by atoms with E-state index in [0.29, 0.717) is 0 Å². The molecule has 0 unspecified atom stereocenters. The van der Waals surface area contributed by atoms with Gasteiger partial charge in [0.25, 0.3) is 0 Å². The Kier molecular flexibility index (Phi) is 5.10. The van der Waals surface area contributed by atoms with Crippen molar-refractivity contribution in [2.24, 2.45) is 0 Å². The summed E-state index contributed by atoms with van der Waals surface area (Å²) in [7, 11) is 0. The number of carbonyl (C=O) groups is 1. The van der Waals surface area contributed by atoms with Gasteiger partial charge in [-0.05, 0) is 32.3 Å². The topological polar surface area (TPSA) is 50.6 Å². The van der Waals surface area contributed by atoms with Crippen molar-refractivity contribution in [1.82, 2.24) is 19.6 Å². The van der Waals surface area contributed by atoms with Gasteiger partial charge in [-0.15, -0.1) is 0 Å². The van der Waals surface area contributed by atoms with E-state index >= 15 is 0 Å². The molecule has 0 bridgehead atoms. The number of hydrogen-bond donors (Lipinski definition) is 0. The van der Waals surface area contributed by atoms with Gasteiger partial charge in [0.2, 0.25) is 5.91 Å². The standard InChI is InChI=1S/C16H26N4O2/c1-14(18-9-11-22-12-10-18)16(21)20-8-3-2-5-15(20)13-19-7-4-6-17-19/h4,6-7,14-15H,2-3,5,8-13H2,1H3/t14-,15-/m1/s1. The first-order valence-electron chi connectivity index (χ1n) is 8.35. The van der Waals surface area contributed by atoms with E-state index in [1.165, 1.54) is 6.42 Å². The Balaban J connectivity index is 1.65. The summed E-state index contributed by atoms with van der Waals surface area (Å²) in [5.41, 5.74) is 0. The van der Waals surface area contributed by atoms with Crippen molar-refractivity contribution < 1.29 is 9.53 Å². The summed E-state index contributed by atoms with van der Waals surface area (Å²) in [6, 6.07) is 2.15. The number of carbonyl (C=O) groups excluding carboxylic acids is 1. The van der Waals surface area contributed by atoms with Crippen molar-refractivity contribution in [2.75, 3.05) is 32.8 Å². The van der Waals surface area contributed by atoms with E-state index in [9.17, 15) is 4.79 Å². The van der Waals surface area contributed by atoms with Crippen LogP contribution in [0, 0.1) is 0 Å². The molecule has 0 aromatic carbocycles. The maximum Gasteiger partial charge on any atom is 0.239 e. The first-order valence-corrected chi connectivity index (χ1v) is 8.35. The van der Waals surface area contributed by atoms with Gasteiger partial charge >= 0.3 is 0 Å². The van der Waals surface area contributed by atoms with Gasteiger partial charge in [0.1, 0.15) is 0 Å². The molecule has 3 heterocycles. The molecule has 6 heteroatoms. The van der Waals surface area contributed by atoms with Crippen molar-refractivity contribution >= 4 is 5.91 Å². The maximum atomic E-state index is 13.0. The van der Waals surface area contributed by atoms with Crippen LogP contribution in [0.25, 0.3) is 0 Å². The number of likely N-dealkylation sites (tertiary alicyclic amines) is 1. The van der Waals surface area contributed by atoms with Crippen LogP contribution in [0.3, 0.4) is 0 Å². The van der Waals surface area contributed by atoms with E-state index in [1.807, 2.05) is 23.9 Å². The van der Waals surface area contributed by atoms with Gasteiger partial charge in [-0.1, -0.05) is 0 Å². The molecule has 6 nitrogen and oxygen atoms in total. The Morgan fingerprint density at radius 1 is 1.32 bits per heavy atom. The molecule has 2 atom stereocenters. The third kappa shape index (κ3) is 3.50. The van der Waals surface area contributed by atoms with Crippen molar-refractivity contribution in [2.45, 2.75) is 44.8 Å². The predicted molar refractivity (Wildman–Crippen MR) is 83.4 cm³/mol. The lowest BCUT2D eigenvalue weighted by Crippen LogP contribution is -2.55. The Bertz CT molecular complexity index is 471. The van der Waals surface area contributed by atoms with Crippen molar-refractivity contribution in [3.8, 4) is 0 Å². The maximum absolute atomic E-state index is 13.0. The third-order valence-electron chi connectivity index (χ3n) is 4.82. The molecular weight excluding hydrogens is 280 g/mol. The van der Waals surface area contributed by atoms with Gasteiger partial charge in [-0.2, -0.15) is 5.10 Å². The highest BCUT2D eigenvalue weighted by Crippen LogP contribution is 2.21. The van der Waals surface area contributed by atoms with Gasteiger partial charge in [-0.3, -0.25) is 14.4 Å². The molecule has 2 saturated heterocycles. The first kappa shape index (κ1) is 15.5. The Labute approximate surface area is 132 Å². The number of piperidine rings is 1. The minimum atomic E-state index is -0.0536. The fourth-order valence-corrected chi connectivity index (χ4v) is 3.47. The molecule has 0 saturated carbocycles. The van der Waals surface area contributed by atoms with Crippen LogP contribution in [0.15, 0.2) is 18.5 Å². The zero-order valence-corrected chi connectivity index (χ0v) is 13.4. The molecule has 122 valence electrons. The summed E-state index contributed by atoms with van der Waals surface area (Å²) in [5.74, 6) is 0.263. The average molecular weight is 306 g/mol. The van der Waals surface area contributed by atoms with Crippen LogP contribution in [0.1, 0.15) is 26.2 Å². The van der Waals surface area contributed by atoms with E-state index in [1.54, 1.807) is 6.20 Å². The number of morpholine rings is 1. The molecule has 0 radical (unpaired) electrons. The summed E-state index contributed by atoms with van der Waals surface area (Å²) in [4.78, 5) is 17.3. The van der Waals surface area contributed by atoms with Gasteiger partial charge in [0.15, 0.2) is 0 Å². The number of nitrogens with zero attached hydrogens (tertiary/aromatic N) is 4. The molecule has 2 aliphatic rings. The first-order chi connectivity index (χ1) is 10.8. The van der Waals surface area contributed by atoms with Crippen LogP contribution in [0.4, 0.5) is 0 Å². The van der Waals surface area contributed by atoms with E-state index in [0.717, 1.165) is 52.2 Å². The summed E-state index contributed by atoms with van der Waals surface area (Å²) < 4.78 is 7.33. The highest BCUT2D eigenvalue weighted by Gasteiger charge is 2.32. The minimum absolute atomic E-state index is 0.0536. The zero-order chi connectivity index (χ0) is 15.4. The van der Waals surface area contributed by atoms with E-state index in [4.69, 9.17) is 4.74 Å². The molecule has 2 aliphatic heterocycles. The van der Waals surface area contributed by atoms with Crippen molar-refractivity contribution in [3.05, 3.63) is 18.5 Å². The SMILES string of the molecule is C[C@H](C(=O)N1CCCC[C@@H]1Cn1cccn1)N1CCOCC1. The Morgan fingerprint density at radius 2 is 2.14 bits per heavy atom. The third-order valence-corrected chi connectivity index (χ3v) is 4.82. The summed E-state index contributed by atoms with van der Waals surface area (Å²) in [5, 5.41) is 4.29. The second kappa shape index (κ2) is 7.24. The van der Waals surface area contributed by atoms with Crippen LogP contribution in [0.2, 0.25) is 0 Å². The van der Waals surface area contributed by atoms with Gasteiger partial charge in [0.05, 0.1) is 31.8 Å². The monoisotopic (exact) mass is 306 g/mol. The molecule has 22 heavy (non-hydrogen) atoms. The quantitative estimate of drug-likeness (QED) is 0.832. The second-order valence-electron chi connectivity index (χ2n) is 6.23. The molecule has 0 aliphatic carbocycles. The van der Waals surface area contributed by atoms with E-state index in [-0.39, 0.29) is 18.0 Å². The molecule has 2 fully saturated rings. The molecule has 0 spiro atoms. The van der Waals surface area contributed by atoms with Crippen LogP contribution >= 0.6 is 0 Å². The lowest BCUT2D eigenvalue weighted by atomic mass is 10.0. The molecule has 3 rings (SSSR count). The highest BCUT2D eigenvalue weighted by molar-refractivity contribution is 5.82. The largest absolute Gasteiger partial charge is 0.379 e. The molecule has 1 aromatic rings. The lowest BCUT2D eigenvalue weighted by molar-refractivity contribution is -0.142. The molecular formula is C16H26N4O2. The molecule has 1 aromatic heterocycles. The average Bonchev–Trinajstić information content (AvgIpc) is 3.08. The fraction of sp³-hybridized carbons (Fsp3) is 0.750. The fourth-order valence-electron chi connectivity index (χ4n) is 3.47. The molecule has 0 N–H and O–H groups in total. The number of aromatic nitrogens is 2. The van der Waals surface area contributed by atoms with Gasteiger partial charge in [-0.25, -0.2) is 0 Å². The number of ether oxygens (including phenoxy) is 1. The summed E-state index contributed by atoms with van der Waals surface area (Å²) >= 11 is 0. The Morgan fingerprint density at radius 3 is 2.86 bits per heavy atom. The Hall–Kier alpha value is -1.40. The predicted octanol–water partition coefficient (Wildman–Crippen LogP) is 0.985. The number of amides is 1. The normalized spacial score (nSPS) is 25.1. The zero-order valence-electron chi connectivity index (χ0n) is 13.4. The van der Waals surface area contributed by atoms with Crippen molar-refractivity contribution in [1.29, 1.82) is 0 Å². The highest BCUT2D eigenvalue weighted by atomic mass is 16.5. The van der Waals surface area contributed by atoms with Crippen LogP contribution in [0.5, 0.6) is 0 Å². The van der Waals surface area contributed by atoms with E-state index in [2.05, 4.69) is 14.9 Å². The van der Waals surface area contributed by atoms with Crippen LogP contribution in [-0.4, -0.2) is 70.4 Å². The van der Waals surface area contributed by atoms with Gasteiger partial charge < -0.3 is 9.64 Å². The van der Waals surface area contributed by atoms with Crippen molar-refractivity contribution in [3.63, 3.8) is 0 Å². The summed E-state index contributed by atoms with van der Waals surface area (Å²) in [6.07, 6.45) is 7.15.